The van der Waals surface area contributed by atoms with Gasteiger partial charge in [-0.25, -0.2) is 0 Å². The van der Waals surface area contributed by atoms with Gasteiger partial charge < -0.3 is 15.7 Å². The molecule has 18 heavy (non-hydrogen) atoms. The van der Waals surface area contributed by atoms with E-state index in [0.29, 0.717) is 11.8 Å². The van der Waals surface area contributed by atoms with Crippen LogP contribution in [0.2, 0.25) is 0 Å². The average Bonchev–Trinajstić information content (AvgIpc) is 2.79. The Morgan fingerprint density at radius 2 is 2.00 bits per heavy atom. The van der Waals surface area contributed by atoms with Gasteiger partial charge in [-0.05, 0) is 44.1 Å². The highest BCUT2D eigenvalue weighted by molar-refractivity contribution is 5.80. The van der Waals surface area contributed by atoms with E-state index in [4.69, 9.17) is 0 Å². The topological polar surface area (TPSA) is 61.4 Å². The monoisotopic (exact) mass is 254 g/mol. The Bertz CT molecular complexity index is 298. The van der Waals surface area contributed by atoms with Crippen molar-refractivity contribution in [1.29, 1.82) is 0 Å². The Labute approximate surface area is 110 Å². The predicted octanol–water partition coefficient (Wildman–Crippen LogP) is 0.899. The molecule has 1 heterocycles. The largest absolute Gasteiger partial charge is 0.394 e. The second-order valence-electron chi connectivity index (χ2n) is 6.35. The van der Waals surface area contributed by atoms with Crippen LogP contribution in [0.1, 0.15) is 39.5 Å². The highest BCUT2D eigenvalue weighted by Crippen LogP contribution is 2.32. The Balaban J connectivity index is 1.95. The third-order valence-electron chi connectivity index (χ3n) is 4.78. The molecule has 4 heteroatoms. The summed E-state index contributed by atoms with van der Waals surface area (Å²) in [5.41, 5.74) is -0.355. The SMILES string of the molecule is CC1CCC(CO)(NC(=O)[C@@H]2CNC[C@H]2C)CC1. The number of amides is 1. The molecule has 0 aromatic rings. The van der Waals surface area contributed by atoms with E-state index in [1.54, 1.807) is 0 Å². The predicted molar refractivity (Wildman–Crippen MR) is 71.1 cm³/mol. The summed E-state index contributed by atoms with van der Waals surface area (Å²) in [6.07, 6.45) is 4.01. The molecule has 2 aliphatic rings. The molecule has 104 valence electrons. The van der Waals surface area contributed by atoms with Crippen molar-refractivity contribution in [3.8, 4) is 0 Å². The van der Waals surface area contributed by atoms with Gasteiger partial charge in [0.2, 0.25) is 5.91 Å². The van der Waals surface area contributed by atoms with E-state index in [9.17, 15) is 9.90 Å². The Kier molecular flexibility index (Phi) is 4.28. The molecular formula is C14H26N2O2. The first-order valence-electron chi connectivity index (χ1n) is 7.20. The minimum absolute atomic E-state index is 0.0628. The zero-order valence-electron chi connectivity index (χ0n) is 11.5. The van der Waals surface area contributed by atoms with Crippen LogP contribution >= 0.6 is 0 Å². The molecule has 0 aromatic carbocycles. The van der Waals surface area contributed by atoms with Gasteiger partial charge >= 0.3 is 0 Å². The van der Waals surface area contributed by atoms with E-state index in [0.717, 1.165) is 38.8 Å². The fourth-order valence-electron chi connectivity index (χ4n) is 3.15. The minimum atomic E-state index is -0.355. The molecule has 2 atom stereocenters. The Morgan fingerprint density at radius 3 is 2.50 bits per heavy atom. The second-order valence-corrected chi connectivity index (χ2v) is 6.35. The van der Waals surface area contributed by atoms with Crippen molar-refractivity contribution >= 4 is 5.91 Å². The number of rotatable bonds is 3. The number of aliphatic hydroxyl groups excluding tert-OH is 1. The van der Waals surface area contributed by atoms with Crippen LogP contribution in [0.4, 0.5) is 0 Å². The fraction of sp³-hybridized carbons (Fsp3) is 0.929. The Morgan fingerprint density at radius 1 is 1.33 bits per heavy atom. The zero-order chi connectivity index (χ0) is 13.2. The quantitative estimate of drug-likeness (QED) is 0.701. The number of aliphatic hydroxyl groups is 1. The highest BCUT2D eigenvalue weighted by Gasteiger charge is 2.38. The van der Waals surface area contributed by atoms with E-state index < -0.39 is 0 Å². The second kappa shape index (κ2) is 5.57. The smallest absolute Gasteiger partial charge is 0.225 e. The van der Waals surface area contributed by atoms with Gasteiger partial charge in [0.25, 0.3) is 0 Å². The van der Waals surface area contributed by atoms with E-state index >= 15 is 0 Å². The van der Waals surface area contributed by atoms with Gasteiger partial charge in [-0.3, -0.25) is 4.79 Å². The lowest BCUT2D eigenvalue weighted by molar-refractivity contribution is -0.128. The third kappa shape index (κ3) is 2.86. The van der Waals surface area contributed by atoms with Crippen LogP contribution in [-0.2, 0) is 4.79 Å². The van der Waals surface area contributed by atoms with Crippen molar-refractivity contribution in [3.05, 3.63) is 0 Å². The molecule has 0 bridgehead atoms. The van der Waals surface area contributed by atoms with Crippen molar-refractivity contribution in [1.82, 2.24) is 10.6 Å². The maximum absolute atomic E-state index is 12.3. The molecule has 2 fully saturated rings. The molecule has 3 N–H and O–H groups in total. The highest BCUT2D eigenvalue weighted by atomic mass is 16.3. The van der Waals surface area contributed by atoms with Gasteiger partial charge in [0.15, 0.2) is 0 Å². The maximum atomic E-state index is 12.3. The molecule has 0 unspecified atom stereocenters. The third-order valence-corrected chi connectivity index (χ3v) is 4.78. The summed E-state index contributed by atoms with van der Waals surface area (Å²) < 4.78 is 0. The lowest BCUT2D eigenvalue weighted by Gasteiger charge is -2.39. The molecule has 0 aromatic heterocycles. The van der Waals surface area contributed by atoms with Crippen LogP contribution in [0, 0.1) is 17.8 Å². The van der Waals surface area contributed by atoms with Crippen LogP contribution in [-0.4, -0.2) is 36.2 Å². The minimum Gasteiger partial charge on any atom is -0.394 e. The summed E-state index contributed by atoms with van der Waals surface area (Å²) in [4.78, 5) is 12.3. The fourth-order valence-corrected chi connectivity index (χ4v) is 3.15. The van der Waals surface area contributed by atoms with E-state index in [2.05, 4.69) is 24.5 Å². The van der Waals surface area contributed by atoms with Crippen molar-refractivity contribution in [2.45, 2.75) is 45.1 Å². The molecule has 1 saturated heterocycles. The number of carbonyl (C=O) groups is 1. The molecule has 0 spiro atoms. The van der Waals surface area contributed by atoms with Crippen molar-refractivity contribution in [2.24, 2.45) is 17.8 Å². The maximum Gasteiger partial charge on any atom is 0.225 e. The molecule has 1 saturated carbocycles. The van der Waals surface area contributed by atoms with E-state index in [-0.39, 0.29) is 24.0 Å². The summed E-state index contributed by atoms with van der Waals surface area (Å²) >= 11 is 0. The molecule has 2 rings (SSSR count). The van der Waals surface area contributed by atoms with Crippen LogP contribution in [0.15, 0.2) is 0 Å². The van der Waals surface area contributed by atoms with Crippen molar-refractivity contribution < 1.29 is 9.90 Å². The molecule has 0 radical (unpaired) electrons. The molecule has 1 aliphatic heterocycles. The standard InChI is InChI=1S/C14H26N2O2/c1-10-3-5-14(9-17,6-4-10)16-13(18)12-8-15-7-11(12)2/h10-12,15,17H,3-9H2,1-2H3,(H,16,18)/t10?,11-,12-,14?/m1/s1. The van der Waals surface area contributed by atoms with Crippen LogP contribution < -0.4 is 10.6 Å². The summed E-state index contributed by atoms with van der Waals surface area (Å²) in [6.45, 7) is 6.11. The van der Waals surface area contributed by atoms with Gasteiger partial charge in [-0.1, -0.05) is 13.8 Å². The van der Waals surface area contributed by atoms with Crippen LogP contribution in [0.25, 0.3) is 0 Å². The van der Waals surface area contributed by atoms with Gasteiger partial charge in [0.05, 0.1) is 18.1 Å². The first-order chi connectivity index (χ1) is 8.56. The van der Waals surface area contributed by atoms with Crippen LogP contribution in [0.5, 0.6) is 0 Å². The van der Waals surface area contributed by atoms with E-state index in [1.165, 1.54) is 0 Å². The Hall–Kier alpha value is -0.610. The van der Waals surface area contributed by atoms with E-state index in [1.807, 2.05) is 0 Å². The molecule has 1 aliphatic carbocycles. The van der Waals surface area contributed by atoms with Gasteiger partial charge in [-0.15, -0.1) is 0 Å². The first kappa shape index (κ1) is 13.8. The van der Waals surface area contributed by atoms with Gasteiger partial charge in [0, 0.05) is 6.54 Å². The number of nitrogens with one attached hydrogen (secondary N) is 2. The van der Waals surface area contributed by atoms with Gasteiger partial charge in [-0.2, -0.15) is 0 Å². The number of hydrogen-bond acceptors (Lipinski definition) is 3. The van der Waals surface area contributed by atoms with Crippen LogP contribution in [0.3, 0.4) is 0 Å². The van der Waals surface area contributed by atoms with Crippen molar-refractivity contribution in [3.63, 3.8) is 0 Å². The molecule has 1 amide bonds. The van der Waals surface area contributed by atoms with Crippen molar-refractivity contribution in [2.75, 3.05) is 19.7 Å². The lowest BCUT2D eigenvalue weighted by Crippen LogP contribution is -2.55. The summed E-state index contributed by atoms with van der Waals surface area (Å²) in [5.74, 6) is 1.29. The average molecular weight is 254 g/mol. The number of hydrogen-bond donors (Lipinski definition) is 3. The summed E-state index contributed by atoms with van der Waals surface area (Å²) in [7, 11) is 0. The number of carbonyl (C=O) groups excluding carboxylic acids is 1. The normalized spacial score (nSPS) is 40.7. The zero-order valence-corrected chi connectivity index (χ0v) is 11.5. The summed E-state index contributed by atoms with van der Waals surface area (Å²) in [5, 5.41) is 16.1. The molecule has 4 nitrogen and oxygen atoms in total. The first-order valence-corrected chi connectivity index (χ1v) is 7.20. The van der Waals surface area contributed by atoms with Gasteiger partial charge in [0.1, 0.15) is 0 Å². The molecular weight excluding hydrogens is 228 g/mol. The summed E-state index contributed by atoms with van der Waals surface area (Å²) in [6, 6.07) is 0. The lowest BCUT2D eigenvalue weighted by atomic mass is 9.77.